The molecule has 3 heterocycles. The zero-order chi connectivity index (χ0) is 33.3. The summed E-state index contributed by atoms with van der Waals surface area (Å²) in [6, 6.07) is 25.0. The minimum atomic E-state index is -4.38. The van der Waals surface area contributed by atoms with Crippen molar-refractivity contribution in [1.29, 1.82) is 0 Å². The van der Waals surface area contributed by atoms with Crippen molar-refractivity contribution in [3.05, 3.63) is 142 Å². The molecule has 48 heavy (non-hydrogen) atoms. The molecule has 246 valence electrons. The van der Waals surface area contributed by atoms with Gasteiger partial charge < -0.3 is 14.9 Å². The maximum atomic E-state index is 13.3. The Morgan fingerprint density at radius 1 is 0.917 bits per heavy atom. The van der Waals surface area contributed by atoms with E-state index in [1.807, 2.05) is 55.0 Å². The molecule has 0 saturated heterocycles. The van der Waals surface area contributed by atoms with Gasteiger partial charge in [-0.2, -0.15) is 13.2 Å². The number of allylic oxidation sites excluding steroid dienone is 1. The van der Waals surface area contributed by atoms with Crippen LogP contribution in [0.1, 0.15) is 52.3 Å². The van der Waals surface area contributed by atoms with E-state index in [1.54, 1.807) is 6.07 Å². The molecule has 2 atom stereocenters. The van der Waals surface area contributed by atoms with Gasteiger partial charge in [0.15, 0.2) is 0 Å². The molecule has 2 N–H and O–H groups in total. The lowest BCUT2D eigenvalue weighted by Gasteiger charge is -2.34. The third-order valence-corrected chi connectivity index (χ3v) is 9.43. The third kappa shape index (κ3) is 6.93. The van der Waals surface area contributed by atoms with Crippen LogP contribution in [0.25, 0.3) is 16.7 Å². The largest absolute Gasteiger partial charge is 0.416 e. The van der Waals surface area contributed by atoms with Gasteiger partial charge in [-0.05, 0) is 91.4 Å². The number of rotatable bonds is 10. The quantitative estimate of drug-likeness (QED) is 0.160. The van der Waals surface area contributed by atoms with Crippen LogP contribution in [0.2, 0.25) is 0 Å². The highest BCUT2D eigenvalue weighted by Gasteiger charge is 2.31. The fourth-order valence-corrected chi connectivity index (χ4v) is 6.96. The van der Waals surface area contributed by atoms with Crippen molar-refractivity contribution in [2.45, 2.75) is 71.1 Å². The topological polar surface area (TPSA) is 61.2 Å². The second-order valence-corrected chi connectivity index (χ2v) is 12.8. The number of hydrogen-bond acceptors (Lipinski definition) is 4. The van der Waals surface area contributed by atoms with Crippen molar-refractivity contribution in [2.24, 2.45) is 4.99 Å². The van der Waals surface area contributed by atoms with E-state index in [9.17, 15) is 13.2 Å². The normalized spacial score (nSPS) is 17.7. The van der Waals surface area contributed by atoms with E-state index in [0.717, 1.165) is 59.3 Å². The number of aryl methyl sites for hydroxylation is 1. The first-order valence-electron chi connectivity index (χ1n) is 16.4. The summed E-state index contributed by atoms with van der Waals surface area (Å²) in [5.74, 6) is 0.960. The number of alkyl halides is 3. The molecular formula is C39H39F3N6. The van der Waals surface area contributed by atoms with Crippen LogP contribution in [-0.2, 0) is 32.4 Å². The van der Waals surface area contributed by atoms with Gasteiger partial charge in [-0.3, -0.25) is 9.89 Å². The van der Waals surface area contributed by atoms with Gasteiger partial charge in [-0.1, -0.05) is 54.6 Å². The fraction of sp³-hybridized carbons (Fsp3) is 0.282. The average molecular weight is 649 g/mol. The summed E-state index contributed by atoms with van der Waals surface area (Å²) in [7, 11) is 0. The highest BCUT2D eigenvalue weighted by Crippen LogP contribution is 2.32. The van der Waals surface area contributed by atoms with Crippen molar-refractivity contribution in [1.82, 2.24) is 24.8 Å². The molecular weight excluding hydrogens is 609 g/mol. The molecule has 0 saturated carbocycles. The number of nitrogens with one attached hydrogen (secondary N) is 2. The number of H-pyrrole nitrogens is 1. The third-order valence-electron chi connectivity index (χ3n) is 9.43. The smallest absolute Gasteiger partial charge is 0.341 e. The van der Waals surface area contributed by atoms with Gasteiger partial charge in [-0.15, -0.1) is 0 Å². The molecule has 2 aromatic heterocycles. The predicted octanol–water partition coefficient (Wildman–Crippen LogP) is 8.38. The maximum Gasteiger partial charge on any atom is 0.416 e. The van der Waals surface area contributed by atoms with E-state index in [1.165, 1.54) is 28.8 Å². The van der Waals surface area contributed by atoms with Gasteiger partial charge in [-0.25, -0.2) is 4.98 Å². The molecule has 0 fully saturated rings. The number of nitrogens with zero attached hydrogens (tertiary/aromatic N) is 4. The maximum absolute atomic E-state index is 13.3. The summed E-state index contributed by atoms with van der Waals surface area (Å²) in [5, 5.41) is 3.53. The van der Waals surface area contributed by atoms with Gasteiger partial charge in [0.05, 0.1) is 29.2 Å². The number of hydrogen-bond donors (Lipinski definition) is 2. The predicted molar refractivity (Wildman–Crippen MR) is 185 cm³/mol. The molecule has 3 aromatic carbocycles. The molecule has 0 amide bonds. The van der Waals surface area contributed by atoms with Crippen LogP contribution >= 0.6 is 0 Å². The monoisotopic (exact) mass is 648 g/mol. The van der Waals surface area contributed by atoms with Crippen LogP contribution in [0.3, 0.4) is 0 Å². The van der Waals surface area contributed by atoms with E-state index in [2.05, 4.69) is 62.7 Å². The van der Waals surface area contributed by atoms with E-state index in [4.69, 9.17) is 4.98 Å². The highest BCUT2D eigenvalue weighted by atomic mass is 19.4. The standard InChI is InChI=1S/C39H39F3N6/c1-26-19-31(27(2)48(26)34-9-5-8-32(21-34)39(40,41)42)23-43-22-28-12-14-29(15-13-28)24-47(25-38-45-36-10-3-4-11-37(36)46-38)33-16-17-35-30(20-33)7-6-18-44-35/h3-15,18-21,33,35,43H,16-17,22-25H2,1-2H3,(H,45,46). The first kappa shape index (κ1) is 31.8. The lowest BCUT2D eigenvalue weighted by molar-refractivity contribution is -0.137. The number of aromatic nitrogens is 3. The Labute approximate surface area is 278 Å². The lowest BCUT2D eigenvalue weighted by atomic mass is 9.89. The van der Waals surface area contributed by atoms with Crippen molar-refractivity contribution < 1.29 is 13.2 Å². The second kappa shape index (κ2) is 13.4. The molecule has 2 unspecified atom stereocenters. The van der Waals surface area contributed by atoms with Gasteiger partial charge in [0.1, 0.15) is 5.82 Å². The average Bonchev–Trinajstić information content (AvgIpc) is 3.63. The Morgan fingerprint density at radius 2 is 1.73 bits per heavy atom. The fourth-order valence-electron chi connectivity index (χ4n) is 6.96. The van der Waals surface area contributed by atoms with Crippen molar-refractivity contribution in [2.75, 3.05) is 0 Å². The van der Waals surface area contributed by atoms with E-state index in [0.29, 0.717) is 25.3 Å². The Balaban J connectivity index is 1.02. The summed E-state index contributed by atoms with van der Waals surface area (Å²) in [6.45, 7) is 6.67. The van der Waals surface area contributed by atoms with Gasteiger partial charge in [0, 0.05) is 49.0 Å². The van der Waals surface area contributed by atoms with E-state index in [-0.39, 0.29) is 12.1 Å². The second-order valence-electron chi connectivity index (χ2n) is 12.8. The van der Waals surface area contributed by atoms with Gasteiger partial charge in [0.25, 0.3) is 0 Å². The number of benzene rings is 3. The minimum absolute atomic E-state index is 0.262. The number of dihydropyridines is 1. The summed E-state index contributed by atoms with van der Waals surface area (Å²) >= 11 is 0. The van der Waals surface area contributed by atoms with Crippen LogP contribution in [0, 0.1) is 13.8 Å². The van der Waals surface area contributed by atoms with Crippen molar-refractivity contribution in [3.8, 4) is 5.69 Å². The van der Waals surface area contributed by atoms with Crippen LogP contribution in [0.15, 0.2) is 108 Å². The zero-order valence-corrected chi connectivity index (χ0v) is 27.1. The molecule has 7 rings (SSSR count). The van der Waals surface area contributed by atoms with Crippen LogP contribution in [0.5, 0.6) is 0 Å². The van der Waals surface area contributed by atoms with Crippen LogP contribution in [0.4, 0.5) is 13.2 Å². The van der Waals surface area contributed by atoms with Crippen LogP contribution in [-0.4, -0.2) is 37.7 Å². The van der Waals surface area contributed by atoms with Crippen LogP contribution < -0.4 is 5.32 Å². The molecule has 1 aliphatic heterocycles. The molecule has 2 aliphatic rings. The molecule has 5 aromatic rings. The summed E-state index contributed by atoms with van der Waals surface area (Å²) in [4.78, 5) is 15.6. The Morgan fingerprint density at radius 3 is 2.54 bits per heavy atom. The summed E-state index contributed by atoms with van der Waals surface area (Å²) in [5.41, 5.74) is 8.49. The molecule has 0 spiro atoms. The zero-order valence-electron chi connectivity index (χ0n) is 27.1. The first-order chi connectivity index (χ1) is 23.2. The Hall–Kier alpha value is -4.73. The molecule has 0 bridgehead atoms. The lowest BCUT2D eigenvalue weighted by Crippen LogP contribution is -2.37. The first-order valence-corrected chi connectivity index (χ1v) is 16.4. The minimum Gasteiger partial charge on any atom is -0.341 e. The molecule has 6 nitrogen and oxygen atoms in total. The van der Waals surface area contributed by atoms with Crippen molar-refractivity contribution in [3.63, 3.8) is 0 Å². The highest BCUT2D eigenvalue weighted by molar-refractivity contribution is 5.75. The number of halogens is 3. The molecule has 0 radical (unpaired) electrons. The number of aliphatic imine (C=N–C) groups is 1. The number of imidazole rings is 1. The number of aromatic amines is 1. The summed E-state index contributed by atoms with van der Waals surface area (Å²) < 4.78 is 41.9. The summed E-state index contributed by atoms with van der Waals surface area (Å²) in [6.07, 6.45) is 6.19. The van der Waals surface area contributed by atoms with E-state index >= 15 is 0 Å². The Bertz CT molecular complexity index is 1960. The Kier molecular flexibility index (Phi) is 8.90. The van der Waals surface area contributed by atoms with Gasteiger partial charge in [0.2, 0.25) is 0 Å². The van der Waals surface area contributed by atoms with Gasteiger partial charge >= 0.3 is 6.18 Å². The molecule has 9 heteroatoms. The van der Waals surface area contributed by atoms with Crippen molar-refractivity contribution >= 4 is 17.2 Å². The SMILES string of the molecule is Cc1cc(CNCc2ccc(CN(Cc3nc4ccccc4[nH]3)C3C=C4C=CC=NC4CC3)cc2)c(C)n1-c1cccc(C(F)(F)F)c1. The number of fused-ring (bicyclic) bond motifs is 2. The molecule has 1 aliphatic carbocycles. The number of para-hydroxylation sites is 2. The van der Waals surface area contributed by atoms with E-state index < -0.39 is 11.7 Å².